The van der Waals surface area contributed by atoms with Crippen molar-refractivity contribution in [1.29, 1.82) is 0 Å². The monoisotopic (exact) mass is 466 g/mol. The SMILES string of the molecule is C[C@H]1CC2=C(C[C@H]1/C=N\n1cnc3c([nH]c4ccc(Br)cc43)c1=O)C(C)(C)CCC2. The standard InChI is InChI=1S/C24H27BrN4O/c1-14-9-15-5-4-8-24(2,3)19(15)10-16(14)12-27-29-13-26-21-18-11-17(25)6-7-20(18)28-22(21)23(29)30/h6-7,11-14,16,28H,4-5,8-10H2,1-3H3/b27-12-/t14-,16-/m0/s1. The molecule has 0 amide bonds. The summed E-state index contributed by atoms with van der Waals surface area (Å²) in [6.45, 7) is 7.06. The van der Waals surface area contributed by atoms with Crippen LogP contribution in [0.1, 0.15) is 52.9 Å². The summed E-state index contributed by atoms with van der Waals surface area (Å²) < 4.78 is 2.33. The summed E-state index contributed by atoms with van der Waals surface area (Å²) in [6, 6.07) is 5.89. The van der Waals surface area contributed by atoms with Crippen molar-refractivity contribution in [3.63, 3.8) is 0 Å². The van der Waals surface area contributed by atoms with Crippen LogP contribution in [0.2, 0.25) is 0 Å². The third kappa shape index (κ3) is 3.25. The zero-order valence-electron chi connectivity index (χ0n) is 17.7. The van der Waals surface area contributed by atoms with Gasteiger partial charge in [0.2, 0.25) is 0 Å². The highest BCUT2D eigenvalue weighted by Gasteiger charge is 2.36. The topological polar surface area (TPSA) is 63.0 Å². The Balaban J connectivity index is 1.48. The highest BCUT2D eigenvalue weighted by molar-refractivity contribution is 9.10. The van der Waals surface area contributed by atoms with Gasteiger partial charge >= 0.3 is 0 Å². The molecular weight excluding hydrogens is 440 g/mol. The van der Waals surface area contributed by atoms with Crippen molar-refractivity contribution in [3.8, 4) is 0 Å². The van der Waals surface area contributed by atoms with E-state index in [0.29, 0.717) is 22.9 Å². The van der Waals surface area contributed by atoms with E-state index < -0.39 is 0 Å². The maximum Gasteiger partial charge on any atom is 0.298 e. The van der Waals surface area contributed by atoms with Gasteiger partial charge in [0, 0.05) is 27.5 Å². The molecule has 0 spiro atoms. The molecule has 0 saturated carbocycles. The molecule has 2 aromatic heterocycles. The van der Waals surface area contributed by atoms with Gasteiger partial charge in [-0.25, -0.2) is 4.98 Å². The van der Waals surface area contributed by atoms with Crippen molar-refractivity contribution >= 4 is 44.1 Å². The van der Waals surface area contributed by atoms with E-state index in [9.17, 15) is 4.79 Å². The van der Waals surface area contributed by atoms with Gasteiger partial charge in [-0.2, -0.15) is 9.78 Å². The molecule has 0 radical (unpaired) electrons. The van der Waals surface area contributed by atoms with Gasteiger partial charge in [-0.05, 0) is 61.6 Å². The molecule has 5 nitrogen and oxygen atoms in total. The van der Waals surface area contributed by atoms with E-state index in [0.717, 1.165) is 28.2 Å². The zero-order chi connectivity index (χ0) is 21.0. The molecule has 0 unspecified atom stereocenters. The van der Waals surface area contributed by atoms with E-state index in [-0.39, 0.29) is 11.0 Å². The first-order valence-electron chi connectivity index (χ1n) is 10.8. The van der Waals surface area contributed by atoms with Gasteiger partial charge in [0.15, 0.2) is 0 Å². The quantitative estimate of drug-likeness (QED) is 0.370. The highest BCUT2D eigenvalue weighted by atomic mass is 79.9. The number of rotatable bonds is 2. The van der Waals surface area contributed by atoms with Crippen molar-refractivity contribution in [2.24, 2.45) is 22.4 Å². The smallest absolute Gasteiger partial charge is 0.298 e. The molecular formula is C24H27BrN4O. The van der Waals surface area contributed by atoms with Gasteiger partial charge in [-0.1, -0.05) is 47.8 Å². The minimum Gasteiger partial charge on any atom is -0.349 e. The molecule has 0 fully saturated rings. The summed E-state index contributed by atoms with van der Waals surface area (Å²) in [6.07, 6.45) is 9.55. The number of nitrogens with one attached hydrogen (secondary N) is 1. The van der Waals surface area contributed by atoms with Crippen LogP contribution in [0.15, 0.2) is 50.0 Å². The van der Waals surface area contributed by atoms with Gasteiger partial charge in [-0.3, -0.25) is 4.79 Å². The van der Waals surface area contributed by atoms with Crippen molar-refractivity contribution in [2.45, 2.75) is 52.9 Å². The van der Waals surface area contributed by atoms with Gasteiger partial charge in [-0.15, -0.1) is 0 Å². The van der Waals surface area contributed by atoms with Crippen LogP contribution in [0.5, 0.6) is 0 Å². The number of aromatic nitrogens is 3. The number of H-pyrrole nitrogens is 1. The normalized spacial score (nSPS) is 24.1. The summed E-state index contributed by atoms with van der Waals surface area (Å²) in [7, 11) is 0. The maximum atomic E-state index is 13.0. The third-order valence-electron chi connectivity index (χ3n) is 7.10. The highest BCUT2D eigenvalue weighted by Crippen LogP contribution is 2.48. The second-order valence-corrected chi connectivity index (χ2v) is 10.5. The number of halogens is 1. The molecule has 0 bridgehead atoms. The fourth-order valence-corrected chi connectivity index (χ4v) is 5.67. The Kier molecular flexibility index (Phi) is 4.73. The summed E-state index contributed by atoms with van der Waals surface area (Å²) >= 11 is 3.49. The molecule has 156 valence electrons. The lowest BCUT2D eigenvalue weighted by atomic mass is 9.63. The van der Waals surface area contributed by atoms with Crippen LogP contribution in [0, 0.1) is 17.3 Å². The summed E-state index contributed by atoms with van der Waals surface area (Å²) in [5, 5.41) is 5.51. The lowest BCUT2D eigenvalue weighted by Crippen LogP contribution is -2.30. The van der Waals surface area contributed by atoms with Gasteiger partial charge < -0.3 is 4.98 Å². The second kappa shape index (κ2) is 7.19. The lowest BCUT2D eigenvalue weighted by Gasteiger charge is -2.42. The Hall–Kier alpha value is -2.21. The molecule has 2 atom stereocenters. The second-order valence-electron chi connectivity index (χ2n) is 9.57. The van der Waals surface area contributed by atoms with Crippen LogP contribution in [0.25, 0.3) is 21.9 Å². The van der Waals surface area contributed by atoms with E-state index in [1.54, 1.807) is 11.1 Å². The Morgan fingerprint density at radius 3 is 3.00 bits per heavy atom. The van der Waals surface area contributed by atoms with Crippen molar-refractivity contribution in [1.82, 2.24) is 14.6 Å². The third-order valence-corrected chi connectivity index (χ3v) is 7.59. The van der Waals surface area contributed by atoms with Crippen LogP contribution in [0.3, 0.4) is 0 Å². The van der Waals surface area contributed by atoms with E-state index in [2.05, 4.69) is 51.8 Å². The Bertz CT molecular complexity index is 1260. The van der Waals surface area contributed by atoms with Crippen LogP contribution >= 0.6 is 15.9 Å². The molecule has 2 aliphatic rings. The summed E-state index contributed by atoms with van der Waals surface area (Å²) in [5.74, 6) is 0.890. The summed E-state index contributed by atoms with van der Waals surface area (Å²) in [5.41, 5.74) is 5.52. The molecule has 2 heterocycles. The van der Waals surface area contributed by atoms with Crippen LogP contribution in [-0.2, 0) is 0 Å². The summed E-state index contributed by atoms with van der Waals surface area (Å²) in [4.78, 5) is 20.8. The number of hydrogen-bond donors (Lipinski definition) is 1. The predicted molar refractivity (Wildman–Crippen MR) is 126 cm³/mol. The van der Waals surface area contributed by atoms with Crippen LogP contribution in [-0.4, -0.2) is 20.9 Å². The average molecular weight is 467 g/mol. The lowest BCUT2D eigenvalue weighted by molar-refractivity contribution is 0.295. The van der Waals surface area contributed by atoms with Gasteiger partial charge in [0.1, 0.15) is 17.4 Å². The first-order valence-corrected chi connectivity index (χ1v) is 11.6. The van der Waals surface area contributed by atoms with E-state index in [1.807, 2.05) is 24.4 Å². The minimum atomic E-state index is -0.162. The van der Waals surface area contributed by atoms with E-state index >= 15 is 0 Å². The number of aromatic amines is 1. The Morgan fingerprint density at radius 1 is 1.33 bits per heavy atom. The number of allylic oxidation sites excluding steroid dienone is 2. The van der Waals surface area contributed by atoms with Crippen molar-refractivity contribution in [3.05, 3.63) is 50.5 Å². The molecule has 0 aliphatic heterocycles. The fraction of sp³-hybridized carbons (Fsp3) is 0.458. The van der Waals surface area contributed by atoms with Gasteiger partial charge in [0.05, 0.1) is 0 Å². The number of nitrogens with zero attached hydrogens (tertiary/aromatic N) is 3. The van der Waals surface area contributed by atoms with Gasteiger partial charge in [0.25, 0.3) is 5.56 Å². The van der Waals surface area contributed by atoms with Crippen molar-refractivity contribution in [2.75, 3.05) is 0 Å². The molecule has 1 aromatic carbocycles. The molecule has 3 aromatic rings. The molecule has 1 N–H and O–H groups in total. The average Bonchev–Trinajstić information content (AvgIpc) is 3.06. The number of benzene rings is 1. The maximum absolute atomic E-state index is 13.0. The number of fused-ring (bicyclic) bond motifs is 3. The van der Waals surface area contributed by atoms with Crippen molar-refractivity contribution < 1.29 is 0 Å². The molecule has 6 heteroatoms. The predicted octanol–water partition coefficient (Wildman–Crippen LogP) is 6.03. The largest absolute Gasteiger partial charge is 0.349 e. The Labute approximate surface area is 184 Å². The first-order chi connectivity index (χ1) is 14.3. The number of hydrogen-bond acceptors (Lipinski definition) is 3. The van der Waals surface area contributed by atoms with E-state index in [4.69, 9.17) is 0 Å². The zero-order valence-corrected chi connectivity index (χ0v) is 19.3. The fourth-order valence-electron chi connectivity index (χ4n) is 5.30. The minimum absolute atomic E-state index is 0.162. The van der Waals surface area contributed by atoms with E-state index in [1.165, 1.54) is 30.3 Å². The van der Waals surface area contributed by atoms with Crippen LogP contribution in [0.4, 0.5) is 0 Å². The molecule has 0 saturated heterocycles. The Morgan fingerprint density at radius 2 is 2.17 bits per heavy atom. The molecule has 30 heavy (non-hydrogen) atoms. The molecule has 2 aliphatic carbocycles. The van der Waals surface area contributed by atoms with Crippen LogP contribution < -0.4 is 5.56 Å². The molecule has 5 rings (SSSR count). The first kappa shape index (κ1) is 19.7.